The highest BCUT2D eigenvalue weighted by molar-refractivity contribution is 6.28. The minimum absolute atomic E-state index is 0.382. The molecule has 1 heterocycles. The lowest BCUT2D eigenvalue weighted by molar-refractivity contribution is 0.246. The highest BCUT2D eigenvalue weighted by Crippen LogP contribution is 2.12. The minimum Gasteiger partial charge on any atom is -0.345 e. The van der Waals surface area contributed by atoms with Gasteiger partial charge in [0.15, 0.2) is 0 Å². The van der Waals surface area contributed by atoms with Crippen LogP contribution in [0.15, 0.2) is 16.5 Å². The van der Waals surface area contributed by atoms with Crippen LogP contribution in [0.2, 0.25) is 0 Å². The van der Waals surface area contributed by atoms with Crippen molar-refractivity contribution < 1.29 is 4.84 Å². The molecule has 3 heteroatoms. The summed E-state index contributed by atoms with van der Waals surface area (Å²) in [7, 11) is 0. The Bertz CT molecular complexity index is 162. The fourth-order valence-electron chi connectivity index (χ4n) is 0.590. The number of nitrogens with zero attached hydrogens (tertiary/aromatic N) is 1. The Kier molecular flexibility index (Phi) is 2.11. The molecule has 50 valence electrons. The van der Waals surface area contributed by atoms with Crippen LogP contribution < -0.4 is 0 Å². The van der Waals surface area contributed by atoms with E-state index in [1.165, 1.54) is 0 Å². The second-order valence-electron chi connectivity index (χ2n) is 1.81. The molecule has 0 aliphatic carbocycles. The smallest absolute Gasteiger partial charge is 0.220 e. The molecular weight excluding hydrogens is 138 g/mol. The summed E-state index contributed by atoms with van der Waals surface area (Å²) in [6.07, 6.45) is 3.57. The van der Waals surface area contributed by atoms with Gasteiger partial charge in [-0.15, -0.1) is 0 Å². The van der Waals surface area contributed by atoms with Crippen molar-refractivity contribution in [2.45, 2.75) is 19.8 Å². The first kappa shape index (κ1) is 6.62. The fourth-order valence-corrected chi connectivity index (χ4v) is 0.701. The van der Waals surface area contributed by atoms with Gasteiger partial charge in [-0.25, -0.2) is 0 Å². The average molecular weight is 146 g/mol. The number of rotatable bonds is 1. The van der Waals surface area contributed by atoms with Gasteiger partial charge in [0.1, 0.15) is 0 Å². The van der Waals surface area contributed by atoms with Crippen molar-refractivity contribution in [1.29, 1.82) is 0 Å². The molecule has 0 saturated heterocycles. The molecule has 1 aliphatic heterocycles. The maximum Gasteiger partial charge on any atom is 0.220 e. The molecule has 0 aromatic heterocycles. The lowest BCUT2D eigenvalue weighted by atomic mass is 10.2. The van der Waals surface area contributed by atoms with E-state index in [0.29, 0.717) is 5.22 Å². The lowest BCUT2D eigenvalue weighted by Crippen LogP contribution is -1.99. The van der Waals surface area contributed by atoms with Gasteiger partial charge in [0.2, 0.25) is 5.22 Å². The van der Waals surface area contributed by atoms with Gasteiger partial charge in [-0.3, -0.25) is 0 Å². The molecule has 0 bridgehead atoms. The van der Waals surface area contributed by atoms with E-state index in [2.05, 4.69) is 5.16 Å². The van der Waals surface area contributed by atoms with E-state index in [9.17, 15) is 0 Å². The average Bonchev–Trinajstić information content (AvgIpc) is 1.90. The largest absolute Gasteiger partial charge is 0.345 e. The van der Waals surface area contributed by atoms with E-state index in [1.54, 1.807) is 0 Å². The Morgan fingerprint density at radius 2 is 2.67 bits per heavy atom. The summed E-state index contributed by atoms with van der Waals surface area (Å²) in [6.45, 7) is 2.04. The maximum absolute atomic E-state index is 5.47. The van der Waals surface area contributed by atoms with E-state index in [0.717, 1.165) is 18.6 Å². The van der Waals surface area contributed by atoms with Crippen LogP contribution in [0.25, 0.3) is 0 Å². The third kappa shape index (κ3) is 1.72. The molecule has 0 saturated carbocycles. The summed E-state index contributed by atoms with van der Waals surface area (Å²) >= 11 is 5.47. The zero-order valence-corrected chi connectivity index (χ0v) is 5.98. The number of halogens is 1. The zero-order valence-electron chi connectivity index (χ0n) is 5.22. The molecule has 0 aromatic rings. The summed E-state index contributed by atoms with van der Waals surface area (Å²) in [6, 6.07) is 0. The molecule has 0 aromatic carbocycles. The van der Waals surface area contributed by atoms with Crippen LogP contribution in [0.3, 0.4) is 0 Å². The molecule has 2 nitrogen and oxygen atoms in total. The van der Waals surface area contributed by atoms with Crippen LogP contribution in [-0.4, -0.2) is 5.71 Å². The molecule has 1 rings (SSSR count). The van der Waals surface area contributed by atoms with Crippen molar-refractivity contribution in [1.82, 2.24) is 0 Å². The van der Waals surface area contributed by atoms with Crippen molar-refractivity contribution in [2.75, 3.05) is 0 Å². The van der Waals surface area contributed by atoms with Gasteiger partial charge in [-0.05, 0) is 24.1 Å². The number of hydrogen-bond acceptors (Lipinski definition) is 2. The highest BCUT2D eigenvalue weighted by Gasteiger charge is 2.02. The van der Waals surface area contributed by atoms with Gasteiger partial charge in [0.05, 0.1) is 5.71 Å². The normalized spacial score (nSPS) is 18.0. The molecule has 0 unspecified atom stereocenters. The molecule has 0 amide bonds. The monoisotopic (exact) mass is 145 g/mol. The summed E-state index contributed by atoms with van der Waals surface area (Å²) < 4.78 is 0. The van der Waals surface area contributed by atoms with Gasteiger partial charge in [0, 0.05) is 6.42 Å². The van der Waals surface area contributed by atoms with Gasteiger partial charge in [-0.1, -0.05) is 12.1 Å². The van der Waals surface area contributed by atoms with E-state index >= 15 is 0 Å². The van der Waals surface area contributed by atoms with Gasteiger partial charge < -0.3 is 4.84 Å². The van der Waals surface area contributed by atoms with Crippen LogP contribution in [0, 0.1) is 0 Å². The number of hydrogen-bond donors (Lipinski definition) is 0. The quantitative estimate of drug-likeness (QED) is 0.555. The summed E-state index contributed by atoms with van der Waals surface area (Å²) in [5.74, 6) is 0. The predicted molar refractivity (Wildman–Crippen MR) is 37.4 cm³/mol. The van der Waals surface area contributed by atoms with Crippen LogP contribution in [0.5, 0.6) is 0 Å². The predicted octanol–water partition coefficient (Wildman–Crippen LogP) is 2.25. The Morgan fingerprint density at radius 3 is 3.11 bits per heavy atom. The standard InChI is InChI=1S/C6H8ClNO/c1-2-5-3-4-6(7)9-8-5/h4H,2-3H2,1H3. The first-order valence-electron chi connectivity index (χ1n) is 2.91. The molecule has 0 fully saturated rings. The Balaban J connectivity index is 2.48. The molecule has 9 heavy (non-hydrogen) atoms. The first-order chi connectivity index (χ1) is 4.33. The molecule has 0 N–H and O–H groups in total. The van der Waals surface area contributed by atoms with E-state index in [1.807, 2.05) is 13.0 Å². The van der Waals surface area contributed by atoms with Crippen LogP contribution in [-0.2, 0) is 4.84 Å². The van der Waals surface area contributed by atoms with Gasteiger partial charge in [0.25, 0.3) is 0 Å². The Hall–Kier alpha value is -0.500. The maximum atomic E-state index is 5.47. The van der Waals surface area contributed by atoms with E-state index in [-0.39, 0.29) is 0 Å². The Morgan fingerprint density at radius 1 is 1.89 bits per heavy atom. The number of oxime groups is 1. The molecule has 1 aliphatic rings. The number of allylic oxidation sites excluding steroid dienone is 1. The topological polar surface area (TPSA) is 21.6 Å². The van der Waals surface area contributed by atoms with Crippen LogP contribution in [0.1, 0.15) is 19.8 Å². The van der Waals surface area contributed by atoms with Crippen LogP contribution >= 0.6 is 11.6 Å². The van der Waals surface area contributed by atoms with Crippen LogP contribution in [0.4, 0.5) is 0 Å². The lowest BCUT2D eigenvalue weighted by Gasteiger charge is -2.05. The van der Waals surface area contributed by atoms with Crippen molar-refractivity contribution in [2.24, 2.45) is 5.16 Å². The van der Waals surface area contributed by atoms with Crippen molar-refractivity contribution in [3.8, 4) is 0 Å². The van der Waals surface area contributed by atoms with Crippen molar-refractivity contribution in [3.05, 3.63) is 11.3 Å². The fraction of sp³-hybridized carbons (Fsp3) is 0.500. The Labute approximate surface area is 59.1 Å². The minimum atomic E-state index is 0.382. The second kappa shape index (κ2) is 2.87. The van der Waals surface area contributed by atoms with Crippen molar-refractivity contribution >= 4 is 17.3 Å². The summed E-state index contributed by atoms with van der Waals surface area (Å²) in [4.78, 5) is 4.70. The van der Waals surface area contributed by atoms with Gasteiger partial charge >= 0.3 is 0 Å². The highest BCUT2D eigenvalue weighted by atomic mass is 35.5. The molecule has 0 radical (unpaired) electrons. The molecule has 0 atom stereocenters. The SMILES string of the molecule is CCC1=NOC(Cl)=CC1. The summed E-state index contributed by atoms with van der Waals surface area (Å²) in [5.41, 5.74) is 1.04. The molecule has 0 spiro atoms. The molecular formula is C6H8ClNO. The third-order valence-corrected chi connectivity index (χ3v) is 1.39. The second-order valence-corrected chi connectivity index (χ2v) is 2.19. The van der Waals surface area contributed by atoms with Gasteiger partial charge in [-0.2, -0.15) is 0 Å². The first-order valence-corrected chi connectivity index (χ1v) is 3.29. The van der Waals surface area contributed by atoms with E-state index < -0.39 is 0 Å². The summed E-state index contributed by atoms with van der Waals surface area (Å²) in [5, 5.41) is 4.13. The third-order valence-electron chi connectivity index (χ3n) is 1.17. The zero-order chi connectivity index (χ0) is 6.69. The van der Waals surface area contributed by atoms with E-state index in [4.69, 9.17) is 16.4 Å². The van der Waals surface area contributed by atoms with Crippen molar-refractivity contribution in [3.63, 3.8) is 0 Å².